The predicted octanol–water partition coefficient (Wildman–Crippen LogP) is 0.503. The van der Waals surface area contributed by atoms with E-state index >= 15 is 4.39 Å². The van der Waals surface area contributed by atoms with E-state index in [2.05, 4.69) is 24.5 Å². The maximum Gasteiger partial charge on any atom is 0.333 e. The molecule has 3 rings (SSSR count). The number of aliphatic hydroxyl groups excluding tert-OH is 1. The molecule has 1 aromatic carbocycles. The highest BCUT2D eigenvalue weighted by molar-refractivity contribution is 7.84. The number of fused-ring (bicyclic) bond motifs is 1. The largest absolute Gasteiger partial charge is 0.385 e. The molecule has 3 aromatic rings. The van der Waals surface area contributed by atoms with E-state index in [1.807, 2.05) is 30.3 Å². The molecule has 0 saturated heterocycles. The lowest BCUT2D eigenvalue weighted by molar-refractivity contribution is -0.0847. The second-order valence-electron chi connectivity index (χ2n) is 6.30. The molecule has 0 radical (unpaired) electrons. The standard InChI is InChI=1S/C17H21FN6O5S/c1-28-12(8-29-30(19,26)27)14(25)15(18)24-10-23-13-16(21-9-22-17(13)24)20-7-11-5-3-2-4-6-11/h2-6,9-10,12,14-15,25H,7-8H2,1H3,(H2,19,26,27)(H,20,21,22)/t12-,14-,15+/m1/s1. The summed E-state index contributed by atoms with van der Waals surface area (Å²) in [6.45, 7) is -0.194. The number of benzene rings is 1. The van der Waals surface area contributed by atoms with E-state index in [9.17, 15) is 13.5 Å². The first-order valence-corrected chi connectivity index (χ1v) is 10.2. The number of nitrogens with two attached hydrogens (primary N) is 1. The van der Waals surface area contributed by atoms with Gasteiger partial charge in [0.05, 0.1) is 12.9 Å². The van der Waals surface area contributed by atoms with Gasteiger partial charge in [-0.1, -0.05) is 30.3 Å². The Morgan fingerprint density at radius 1 is 1.27 bits per heavy atom. The molecule has 2 aromatic heterocycles. The number of halogens is 1. The van der Waals surface area contributed by atoms with Crippen LogP contribution in [0.2, 0.25) is 0 Å². The fourth-order valence-corrected chi connectivity index (χ4v) is 3.08. The lowest BCUT2D eigenvalue weighted by Gasteiger charge is -2.24. The lowest BCUT2D eigenvalue weighted by atomic mass is 10.2. The number of nitrogens with zero attached hydrogens (tertiary/aromatic N) is 4. The minimum atomic E-state index is -4.27. The summed E-state index contributed by atoms with van der Waals surface area (Å²) in [6.07, 6.45) is -2.75. The van der Waals surface area contributed by atoms with Crippen molar-refractivity contribution in [1.29, 1.82) is 0 Å². The van der Waals surface area contributed by atoms with E-state index in [4.69, 9.17) is 9.88 Å². The van der Waals surface area contributed by atoms with E-state index in [0.717, 1.165) is 16.5 Å². The van der Waals surface area contributed by atoms with E-state index in [1.165, 1.54) is 13.4 Å². The molecular weight excluding hydrogens is 419 g/mol. The molecule has 0 fully saturated rings. The molecule has 0 amide bonds. The molecule has 0 bridgehead atoms. The van der Waals surface area contributed by atoms with Crippen molar-refractivity contribution in [2.75, 3.05) is 19.0 Å². The number of hydrogen-bond acceptors (Lipinski definition) is 9. The molecule has 162 valence electrons. The number of ether oxygens (including phenoxy) is 1. The summed E-state index contributed by atoms with van der Waals surface area (Å²) in [7, 11) is -3.10. The monoisotopic (exact) mass is 440 g/mol. The zero-order chi connectivity index (χ0) is 21.7. The number of methoxy groups -OCH3 is 1. The first-order chi connectivity index (χ1) is 14.3. The van der Waals surface area contributed by atoms with Gasteiger partial charge in [0.15, 0.2) is 17.0 Å². The van der Waals surface area contributed by atoms with Gasteiger partial charge < -0.3 is 15.2 Å². The molecule has 0 aliphatic heterocycles. The molecule has 2 heterocycles. The zero-order valence-electron chi connectivity index (χ0n) is 15.9. The molecule has 0 aliphatic carbocycles. The van der Waals surface area contributed by atoms with Crippen molar-refractivity contribution in [3.8, 4) is 0 Å². The Balaban J connectivity index is 1.78. The van der Waals surface area contributed by atoms with Gasteiger partial charge in [-0.25, -0.2) is 24.5 Å². The van der Waals surface area contributed by atoms with E-state index < -0.39 is 35.4 Å². The Bertz CT molecular complexity index is 1080. The third-order valence-electron chi connectivity index (χ3n) is 4.29. The Morgan fingerprint density at radius 2 is 2.00 bits per heavy atom. The van der Waals surface area contributed by atoms with Crippen LogP contribution in [-0.2, 0) is 25.8 Å². The van der Waals surface area contributed by atoms with E-state index in [1.54, 1.807) is 0 Å². The zero-order valence-corrected chi connectivity index (χ0v) is 16.7. The summed E-state index contributed by atoms with van der Waals surface area (Å²) in [6, 6.07) is 9.59. The third kappa shape index (κ3) is 5.25. The molecular formula is C17H21FN6O5S. The number of alkyl halides is 1. The van der Waals surface area contributed by atoms with Crippen molar-refractivity contribution in [3.05, 3.63) is 48.5 Å². The predicted molar refractivity (Wildman–Crippen MR) is 105 cm³/mol. The van der Waals surface area contributed by atoms with Crippen molar-refractivity contribution in [2.24, 2.45) is 5.14 Å². The highest BCUT2D eigenvalue weighted by Gasteiger charge is 2.32. The van der Waals surface area contributed by atoms with Crippen molar-refractivity contribution in [3.63, 3.8) is 0 Å². The smallest absolute Gasteiger partial charge is 0.333 e. The van der Waals surface area contributed by atoms with Crippen LogP contribution < -0.4 is 10.5 Å². The molecule has 3 atom stereocenters. The van der Waals surface area contributed by atoms with Crippen LogP contribution in [0.5, 0.6) is 0 Å². The second kappa shape index (κ2) is 9.40. The van der Waals surface area contributed by atoms with Crippen LogP contribution in [-0.4, -0.2) is 59.0 Å². The van der Waals surface area contributed by atoms with Crippen LogP contribution in [0, 0.1) is 0 Å². The van der Waals surface area contributed by atoms with Gasteiger partial charge in [0.2, 0.25) is 6.30 Å². The van der Waals surface area contributed by atoms with Gasteiger partial charge in [-0.15, -0.1) is 0 Å². The summed E-state index contributed by atoms with van der Waals surface area (Å²) >= 11 is 0. The SMILES string of the molecule is CO[C@H](COS(N)(=O)=O)[C@@H](O)[C@@H](F)n1cnc2c(NCc3ccccc3)ncnc21. The molecule has 30 heavy (non-hydrogen) atoms. The minimum absolute atomic E-state index is 0.134. The number of imidazole rings is 1. The van der Waals surface area contributed by atoms with E-state index in [-0.39, 0.29) is 5.65 Å². The molecule has 0 unspecified atom stereocenters. The summed E-state index contributed by atoms with van der Waals surface area (Å²) in [5, 5.41) is 18.2. The Hall–Kier alpha value is -2.71. The average Bonchev–Trinajstić information content (AvgIpc) is 3.16. The van der Waals surface area contributed by atoms with Crippen molar-refractivity contribution < 1.29 is 26.8 Å². The fourth-order valence-electron chi connectivity index (χ4n) is 2.75. The normalized spacial score (nSPS) is 15.1. The number of hydrogen-bond donors (Lipinski definition) is 3. The quantitative estimate of drug-likeness (QED) is 0.409. The minimum Gasteiger partial charge on any atom is -0.385 e. The van der Waals surface area contributed by atoms with Crippen LogP contribution in [0.3, 0.4) is 0 Å². The fraction of sp³-hybridized carbons (Fsp3) is 0.353. The Morgan fingerprint density at radius 3 is 2.67 bits per heavy atom. The molecule has 13 heteroatoms. The van der Waals surface area contributed by atoms with Gasteiger partial charge in [0.25, 0.3) is 0 Å². The van der Waals surface area contributed by atoms with Crippen LogP contribution >= 0.6 is 0 Å². The van der Waals surface area contributed by atoms with Gasteiger partial charge in [-0.05, 0) is 5.56 Å². The second-order valence-corrected chi connectivity index (χ2v) is 7.52. The summed E-state index contributed by atoms with van der Waals surface area (Å²) in [5.74, 6) is 0.394. The first-order valence-electron chi connectivity index (χ1n) is 8.77. The van der Waals surface area contributed by atoms with Gasteiger partial charge in [0, 0.05) is 13.7 Å². The maximum absolute atomic E-state index is 15.0. The van der Waals surface area contributed by atoms with Crippen molar-refractivity contribution in [1.82, 2.24) is 19.5 Å². The topological polar surface area (TPSA) is 154 Å². The highest BCUT2D eigenvalue weighted by Crippen LogP contribution is 2.25. The molecule has 0 saturated carbocycles. The molecule has 4 N–H and O–H groups in total. The maximum atomic E-state index is 15.0. The Labute approximate surface area is 171 Å². The lowest BCUT2D eigenvalue weighted by Crippen LogP contribution is -2.39. The van der Waals surface area contributed by atoms with Crippen molar-refractivity contribution >= 4 is 27.3 Å². The van der Waals surface area contributed by atoms with Gasteiger partial charge in [-0.2, -0.15) is 8.42 Å². The molecule has 0 spiro atoms. The highest BCUT2D eigenvalue weighted by atomic mass is 32.2. The van der Waals surface area contributed by atoms with Gasteiger partial charge in [0.1, 0.15) is 18.5 Å². The van der Waals surface area contributed by atoms with Crippen LogP contribution in [0.15, 0.2) is 43.0 Å². The Kier molecular flexibility index (Phi) is 6.89. The number of anilines is 1. The first kappa shape index (κ1) is 22.0. The summed E-state index contributed by atoms with van der Waals surface area (Å²) in [5.41, 5.74) is 1.45. The molecule has 0 aliphatic rings. The number of nitrogens with one attached hydrogen (secondary N) is 1. The average molecular weight is 440 g/mol. The van der Waals surface area contributed by atoms with E-state index in [0.29, 0.717) is 17.9 Å². The number of aliphatic hydroxyl groups is 1. The van der Waals surface area contributed by atoms with Crippen LogP contribution in [0.1, 0.15) is 11.9 Å². The summed E-state index contributed by atoms with van der Waals surface area (Å²) < 4.78 is 47.2. The van der Waals surface area contributed by atoms with Gasteiger partial charge in [-0.3, -0.25) is 8.75 Å². The number of aromatic nitrogens is 4. The third-order valence-corrected chi connectivity index (χ3v) is 4.75. The van der Waals surface area contributed by atoms with Crippen molar-refractivity contribution in [2.45, 2.75) is 25.0 Å². The van der Waals surface area contributed by atoms with Crippen LogP contribution in [0.4, 0.5) is 10.2 Å². The van der Waals surface area contributed by atoms with Crippen LogP contribution in [0.25, 0.3) is 11.2 Å². The number of rotatable bonds is 10. The summed E-state index contributed by atoms with van der Waals surface area (Å²) in [4.78, 5) is 12.3. The van der Waals surface area contributed by atoms with Gasteiger partial charge >= 0.3 is 10.3 Å². The molecule has 11 nitrogen and oxygen atoms in total.